The summed E-state index contributed by atoms with van der Waals surface area (Å²) < 4.78 is 0. The van der Waals surface area contributed by atoms with Gasteiger partial charge >= 0.3 is 0 Å². The predicted molar refractivity (Wildman–Crippen MR) is 94.7 cm³/mol. The van der Waals surface area contributed by atoms with Crippen molar-refractivity contribution < 1.29 is 20.1 Å². The summed E-state index contributed by atoms with van der Waals surface area (Å²) in [5, 5.41) is 30.4. The molecular formula is C21H34O4. The van der Waals surface area contributed by atoms with Gasteiger partial charge < -0.3 is 15.3 Å². The first-order valence-electron chi connectivity index (χ1n) is 10.3. The first kappa shape index (κ1) is 17.9. The van der Waals surface area contributed by atoms with E-state index in [9.17, 15) is 20.1 Å². The lowest BCUT2D eigenvalue weighted by Crippen LogP contribution is -2.58. The third-order valence-electron chi connectivity index (χ3n) is 9.20. The predicted octanol–water partition coefficient (Wildman–Crippen LogP) is 2.54. The van der Waals surface area contributed by atoms with Crippen LogP contribution in [-0.2, 0) is 4.79 Å². The fraction of sp³-hybridized carbons (Fsp3) is 0.952. The second-order valence-electron chi connectivity index (χ2n) is 10.0. The lowest BCUT2D eigenvalue weighted by molar-refractivity contribution is -0.172. The molecule has 4 heteroatoms. The van der Waals surface area contributed by atoms with Crippen LogP contribution in [0.1, 0.15) is 65.2 Å². The molecule has 0 aliphatic heterocycles. The zero-order chi connectivity index (χ0) is 18.0. The molecule has 4 aliphatic carbocycles. The minimum absolute atomic E-state index is 0.000648. The number of carbonyl (C=O) groups is 1. The summed E-state index contributed by atoms with van der Waals surface area (Å²) >= 11 is 0. The zero-order valence-corrected chi connectivity index (χ0v) is 15.7. The van der Waals surface area contributed by atoms with Crippen molar-refractivity contribution in [2.45, 2.75) is 77.4 Å². The smallest absolute Gasteiger partial charge is 0.161 e. The molecule has 0 aromatic heterocycles. The van der Waals surface area contributed by atoms with Gasteiger partial charge in [0, 0.05) is 5.92 Å². The summed E-state index contributed by atoms with van der Waals surface area (Å²) in [6.45, 7) is 4.30. The summed E-state index contributed by atoms with van der Waals surface area (Å²) in [6.07, 6.45) is 7.02. The number of rotatable bonds is 2. The van der Waals surface area contributed by atoms with Gasteiger partial charge in [-0.1, -0.05) is 13.8 Å². The van der Waals surface area contributed by atoms with E-state index in [0.29, 0.717) is 17.8 Å². The van der Waals surface area contributed by atoms with Gasteiger partial charge in [-0.25, -0.2) is 0 Å². The van der Waals surface area contributed by atoms with E-state index >= 15 is 0 Å². The van der Waals surface area contributed by atoms with Gasteiger partial charge in [-0.05, 0) is 85.9 Å². The van der Waals surface area contributed by atoms with Crippen molar-refractivity contribution in [3.05, 3.63) is 0 Å². The largest absolute Gasteiger partial charge is 0.393 e. The van der Waals surface area contributed by atoms with Gasteiger partial charge in [0.1, 0.15) is 6.61 Å². The summed E-state index contributed by atoms with van der Waals surface area (Å²) in [5.41, 5.74) is 0.125. The molecular weight excluding hydrogens is 316 g/mol. The number of aliphatic hydroxyl groups excluding tert-OH is 3. The van der Waals surface area contributed by atoms with Crippen molar-refractivity contribution in [2.24, 2.45) is 40.4 Å². The molecule has 0 spiro atoms. The molecule has 0 amide bonds. The van der Waals surface area contributed by atoms with E-state index in [-0.39, 0.29) is 47.3 Å². The van der Waals surface area contributed by atoms with E-state index in [1.807, 2.05) is 0 Å². The molecule has 4 rings (SSSR count). The van der Waals surface area contributed by atoms with Gasteiger partial charge in [0.05, 0.1) is 12.2 Å². The topological polar surface area (TPSA) is 77.8 Å². The highest BCUT2D eigenvalue weighted by molar-refractivity contribution is 5.83. The molecule has 4 aliphatic rings. The van der Waals surface area contributed by atoms with Crippen molar-refractivity contribution in [3.8, 4) is 0 Å². The molecule has 3 N–H and O–H groups in total. The monoisotopic (exact) mass is 350 g/mol. The van der Waals surface area contributed by atoms with Gasteiger partial charge in [0.2, 0.25) is 0 Å². The Morgan fingerprint density at radius 2 is 1.60 bits per heavy atom. The molecule has 9 atom stereocenters. The summed E-state index contributed by atoms with van der Waals surface area (Å²) in [4.78, 5) is 12.3. The fourth-order valence-corrected chi connectivity index (χ4v) is 7.92. The number of hydrogen-bond donors (Lipinski definition) is 3. The Labute approximate surface area is 151 Å². The molecule has 0 aromatic rings. The Hall–Kier alpha value is -0.450. The van der Waals surface area contributed by atoms with E-state index in [1.165, 1.54) is 0 Å². The average molecular weight is 350 g/mol. The molecule has 25 heavy (non-hydrogen) atoms. The highest BCUT2D eigenvalue weighted by Gasteiger charge is 2.62. The summed E-state index contributed by atoms with van der Waals surface area (Å²) in [5.74, 6) is 1.82. The second kappa shape index (κ2) is 6.03. The molecule has 0 unspecified atom stereocenters. The van der Waals surface area contributed by atoms with E-state index in [0.717, 1.165) is 51.4 Å². The van der Waals surface area contributed by atoms with E-state index in [4.69, 9.17) is 0 Å². The third kappa shape index (κ3) is 2.47. The van der Waals surface area contributed by atoms with E-state index in [1.54, 1.807) is 0 Å². The number of fused-ring (bicyclic) bond motifs is 5. The molecule has 0 saturated heterocycles. The van der Waals surface area contributed by atoms with E-state index < -0.39 is 0 Å². The van der Waals surface area contributed by atoms with Crippen LogP contribution in [-0.4, -0.2) is 39.9 Å². The van der Waals surface area contributed by atoms with Gasteiger partial charge in [-0.3, -0.25) is 4.79 Å². The molecule has 4 fully saturated rings. The number of hydrogen-bond acceptors (Lipinski definition) is 4. The maximum absolute atomic E-state index is 12.3. The lowest BCUT2D eigenvalue weighted by Gasteiger charge is -2.62. The van der Waals surface area contributed by atoms with Crippen LogP contribution in [0.3, 0.4) is 0 Å². The van der Waals surface area contributed by atoms with Crippen LogP contribution in [0.25, 0.3) is 0 Å². The van der Waals surface area contributed by atoms with Crippen LogP contribution >= 0.6 is 0 Å². The molecule has 4 nitrogen and oxygen atoms in total. The van der Waals surface area contributed by atoms with Crippen LogP contribution in [0.2, 0.25) is 0 Å². The van der Waals surface area contributed by atoms with Crippen LogP contribution in [0.5, 0.6) is 0 Å². The number of aliphatic hydroxyl groups is 3. The first-order chi connectivity index (χ1) is 11.8. The quantitative estimate of drug-likeness (QED) is 0.715. The molecule has 0 radical (unpaired) electrons. The SMILES string of the molecule is C[C@]12CC[C@@H](O)C[C@H]1[C@@H](O)C[C@@H]1[C@@H]2CC[C@]2(C)[C@@H](C(=O)CO)CC[C@@H]12. The van der Waals surface area contributed by atoms with Gasteiger partial charge in [-0.2, -0.15) is 0 Å². The minimum atomic E-state index is -0.332. The number of Topliss-reactive ketones (excluding diaryl/α,β-unsaturated/α-hetero) is 1. The Kier molecular flexibility index (Phi) is 4.33. The Balaban J connectivity index is 1.63. The maximum Gasteiger partial charge on any atom is 0.161 e. The normalized spacial score (nSPS) is 55.2. The standard InChI is InChI=1S/C21H34O4/c1-20-8-6-15-13(14(20)3-4-16(20)19(25)11-22)10-18(24)17-9-12(23)5-7-21(15,17)2/h12-18,22-24H,3-11H2,1-2H3/t12-,13+,14+,15+,16-,17+,18+,20+,21-/m1/s1. The highest BCUT2D eigenvalue weighted by atomic mass is 16.3. The molecule has 0 bridgehead atoms. The average Bonchev–Trinajstić information content (AvgIpc) is 2.93. The summed E-state index contributed by atoms with van der Waals surface area (Å²) in [6, 6.07) is 0. The molecule has 0 heterocycles. The molecule has 4 saturated carbocycles. The van der Waals surface area contributed by atoms with Crippen LogP contribution < -0.4 is 0 Å². The molecule has 0 aromatic carbocycles. The Morgan fingerprint density at radius 3 is 2.32 bits per heavy atom. The minimum Gasteiger partial charge on any atom is -0.393 e. The zero-order valence-electron chi connectivity index (χ0n) is 15.7. The van der Waals surface area contributed by atoms with E-state index in [2.05, 4.69) is 13.8 Å². The number of carbonyl (C=O) groups excluding carboxylic acids is 1. The molecule has 142 valence electrons. The lowest BCUT2D eigenvalue weighted by atomic mass is 9.44. The number of ketones is 1. The van der Waals surface area contributed by atoms with Crippen LogP contribution in [0, 0.1) is 40.4 Å². The second-order valence-corrected chi connectivity index (χ2v) is 10.0. The van der Waals surface area contributed by atoms with Gasteiger partial charge in [0.25, 0.3) is 0 Å². The van der Waals surface area contributed by atoms with Gasteiger partial charge in [-0.15, -0.1) is 0 Å². The van der Waals surface area contributed by atoms with Crippen molar-refractivity contribution >= 4 is 5.78 Å². The van der Waals surface area contributed by atoms with Crippen molar-refractivity contribution in [1.29, 1.82) is 0 Å². The van der Waals surface area contributed by atoms with Gasteiger partial charge in [0.15, 0.2) is 5.78 Å². The maximum atomic E-state index is 12.3. The van der Waals surface area contributed by atoms with Crippen molar-refractivity contribution in [3.63, 3.8) is 0 Å². The summed E-state index contributed by atoms with van der Waals surface area (Å²) in [7, 11) is 0. The first-order valence-corrected chi connectivity index (χ1v) is 10.3. The highest BCUT2D eigenvalue weighted by Crippen LogP contribution is 2.67. The third-order valence-corrected chi connectivity index (χ3v) is 9.20. The Morgan fingerprint density at radius 1 is 0.920 bits per heavy atom. The van der Waals surface area contributed by atoms with Crippen molar-refractivity contribution in [1.82, 2.24) is 0 Å². The fourth-order valence-electron chi connectivity index (χ4n) is 7.92. The Bertz CT molecular complexity index is 548. The van der Waals surface area contributed by atoms with Crippen molar-refractivity contribution in [2.75, 3.05) is 6.61 Å². The van der Waals surface area contributed by atoms with Crippen LogP contribution in [0.4, 0.5) is 0 Å². The van der Waals surface area contributed by atoms with Crippen LogP contribution in [0.15, 0.2) is 0 Å².